The first kappa shape index (κ1) is 14.3. The smallest absolute Gasteiger partial charge is 0.320 e. The Bertz CT molecular complexity index is 382. The Hall–Kier alpha value is -1.73. The molecule has 0 aliphatic rings. The fraction of sp³-hybridized carbons (Fsp3) is 0.455. The number of amides is 2. The van der Waals surface area contributed by atoms with Crippen LogP contribution in [0.1, 0.15) is 6.92 Å². The number of hydrogen-bond acceptors (Lipinski definition) is 4. The summed E-state index contributed by atoms with van der Waals surface area (Å²) in [6.45, 7) is 1.73. The second-order valence-corrected chi connectivity index (χ2v) is 3.59. The van der Waals surface area contributed by atoms with E-state index in [0.717, 1.165) is 6.20 Å². The number of aromatic nitrogens is 1. The van der Waals surface area contributed by atoms with Gasteiger partial charge in [0, 0.05) is 14.2 Å². The summed E-state index contributed by atoms with van der Waals surface area (Å²) in [4.78, 5) is 15.3. The molecule has 0 fully saturated rings. The molecule has 0 aliphatic heterocycles. The minimum absolute atomic E-state index is 0.257. The minimum Gasteiger partial charge on any atom is -0.354 e. The highest BCUT2D eigenvalue weighted by Crippen LogP contribution is 2.04. The maximum absolute atomic E-state index is 12.6. The number of hydrogen-bond donors (Lipinski definition) is 2. The Morgan fingerprint density at radius 1 is 1.39 bits per heavy atom. The van der Waals surface area contributed by atoms with Crippen LogP contribution in [0.25, 0.3) is 0 Å². The van der Waals surface area contributed by atoms with Gasteiger partial charge in [-0.1, -0.05) is 0 Å². The van der Waals surface area contributed by atoms with Crippen molar-refractivity contribution in [3.8, 4) is 0 Å². The average Bonchev–Trinajstić information content (AvgIpc) is 2.33. The molecular formula is C11H16FN3O3. The summed E-state index contributed by atoms with van der Waals surface area (Å²) in [7, 11) is 2.96. The van der Waals surface area contributed by atoms with Gasteiger partial charge >= 0.3 is 6.03 Å². The van der Waals surface area contributed by atoms with Gasteiger partial charge in [0.25, 0.3) is 0 Å². The molecular weight excluding hydrogens is 241 g/mol. The number of methoxy groups -OCH3 is 2. The van der Waals surface area contributed by atoms with Gasteiger partial charge in [0.15, 0.2) is 6.29 Å². The van der Waals surface area contributed by atoms with Gasteiger partial charge in [-0.15, -0.1) is 0 Å². The van der Waals surface area contributed by atoms with Gasteiger partial charge < -0.3 is 14.8 Å². The van der Waals surface area contributed by atoms with Crippen molar-refractivity contribution in [1.29, 1.82) is 0 Å². The molecule has 2 N–H and O–H groups in total. The summed E-state index contributed by atoms with van der Waals surface area (Å²) in [6.07, 6.45) is 0.475. The molecule has 1 heterocycles. The lowest BCUT2D eigenvalue weighted by Crippen LogP contribution is -2.44. The summed E-state index contributed by atoms with van der Waals surface area (Å²) < 4.78 is 22.6. The topological polar surface area (TPSA) is 72.5 Å². The number of nitrogens with zero attached hydrogens (tertiary/aromatic N) is 1. The Morgan fingerprint density at radius 2 is 2.06 bits per heavy atom. The molecule has 0 bridgehead atoms. The van der Waals surface area contributed by atoms with Gasteiger partial charge in [-0.3, -0.25) is 5.32 Å². The van der Waals surface area contributed by atoms with Gasteiger partial charge in [0.1, 0.15) is 11.6 Å². The minimum atomic E-state index is -0.545. The van der Waals surface area contributed by atoms with E-state index >= 15 is 0 Å². The largest absolute Gasteiger partial charge is 0.354 e. The molecule has 0 saturated heterocycles. The maximum Gasteiger partial charge on any atom is 0.320 e. The SMILES string of the molecule is COC(OC)[C@@H](C)NC(=O)Nc1ccc(F)cn1. The van der Waals surface area contributed by atoms with Crippen molar-refractivity contribution < 1.29 is 18.7 Å². The van der Waals surface area contributed by atoms with Crippen LogP contribution in [-0.4, -0.2) is 37.6 Å². The van der Waals surface area contributed by atoms with Crippen LogP contribution in [0.5, 0.6) is 0 Å². The number of carbonyl (C=O) groups is 1. The first-order valence-electron chi connectivity index (χ1n) is 5.31. The van der Waals surface area contributed by atoms with Crippen LogP contribution < -0.4 is 10.6 Å². The third kappa shape index (κ3) is 4.27. The number of carbonyl (C=O) groups excluding carboxylic acids is 1. The third-order valence-corrected chi connectivity index (χ3v) is 2.20. The van der Waals surface area contributed by atoms with Crippen molar-refractivity contribution >= 4 is 11.8 Å². The molecule has 0 saturated carbocycles. The first-order valence-corrected chi connectivity index (χ1v) is 5.31. The molecule has 100 valence electrons. The maximum atomic E-state index is 12.6. The van der Waals surface area contributed by atoms with Crippen LogP contribution in [0.3, 0.4) is 0 Å². The molecule has 0 spiro atoms. The van der Waals surface area contributed by atoms with Gasteiger partial charge in [0.05, 0.1) is 12.2 Å². The zero-order chi connectivity index (χ0) is 13.5. The van der Waals surface area contributed by atoms with Crippen LogP contribution >= 0.6 is 0 Å². The van der Waals surface area contributed by atoms with Crippen LogP contribution in [0.15, 0.2) is 18.3 Å². The van der Waals surface area contributed by atoms with E-state index in [2.05, 4.69) is 15.6 Å². The van der Waals surface area contributed by atoms with Gasteiger partial charge in [0.2, 0.25) is 0 Å². The Morgan fingerprint density at radius 3 is 2.56 bits per heavy atom. The fourth-order valence-corrected chi connectivity index (χ4v) is 1.38. The standard InChI is InChI=1S/C11H16FN3O3/c1-7(10(17-2)18-3)14-11(16)15-9-5-4-8(12)6-13-9/h4-7,10H,1-3H3,(H2,13,14,15,16)/t7-/m1/s1. The molecule has 2 amide bonds. The average molecular weight is 257 g/mol. The summed E-state index contributed by atoms with van der Waals surface area (Å²) in [6, 6.07) is 1.75. The highest BCUT2D eigenvalue weighted by molar-refractivity contribution is 5.88. The van der Waals surface area contributed by atoms with E-state index in [0.29, 0.717) is 0 Å². The number of anilines is 1. The highest BCUT2D eigenvalue weighted by atomic mass is 19.1. The molecule has 1 atom stereocenters. The molecule has 0 aliphatic carbocycles. The van der Waals surface area contributed by atoms with Crippen molar-refractivity contribution in [2.75, 3.05) is 19.5 Å². The van der Waals surface area contributed by atoms with E-state index in [9.17, 15) is 9.18 Å². The Balaban J connectivity index is 2.48. The molecule has 18 heavy (non-hydrogen) atoms. The number of halogens is 1. The number of ether oxygens (including phenoxy) is 2. The van der Waals surface area contributed by atoms with E-state index in [1.165, 1.54) is 26.4 Å². The quantitative estimate of drug-likeness (QED) is 0.781. The van der Waals surface area contributed by atoms with Gasteiger partial charge in [-0.2, -0.15) is 0 Å². The summed E-state index contributed by atoms with van der Waals surface area (Å²) in [5.74, 6) is -0.208. The zero-order valence-corrected chi connectivity index (χ0v) is 10.4. The van der Waals surface area contributed by atoms with E-state index in [1.54, 1.807) is 6.92 Å². The van der Waals surface area contributed by atoms with Crippen LogP contribution in [-0.2, 0) is 9.47 Å². The molecule has 1 aromatic rings. The van der Waals surface area contributed by atoms with Gasteiger partial charge in [-0.05, 0) is 19.1 Å². The van der Waals surface area contributed by atoms with Crippen molar-refractivity contribution in [1.82, 2.24) is 10.3 Å². The Labute approximate surface area is 104 Å². The number of pyridine rings is 1. The predicted octanol–water partition coefficient (Wildman–Crippen LogP) is 1.35. The van der Waals surface area contributed by atoms with E-state index in [1.807, 2.05) is 0 Å². The second kappa shape index (κ2) is 6.87. The molecule has 0 unspecified atom stereocenters. The summed E-state index contributed by atoms with van der Waals surface area (Å²) >= 11 is 0. The van der Waals surface area contributed by atoms with Crippen molar-refractivity contribution in [2.45, 2.75) is 19.3 Å². The molecule has 1 rings (SSSR count). The fourth-order valence-electron chi connectivity index (χ4n) is 1.38. The molecule has 6 nitrogen and oxygen atoms in total. The van der Waals surface area contributed by atoms with E-state index < -0.39 is 18.1 Å². The van der Waals surface area contributed by atoms with Crippen molar-refractivity contribution in [2.24, 2.45) is 0 Å². The lowest BCUT2D eigenvalue weighted by atomic mass is 10.3. The lowest BCUT2D eigenvalue weighted by molar-refractivity contribution is -0.117. The summed E-state index contributed by atoms with van der Waals surface area (Å²) in [5.41, 5.74) is 0. The van der Waals surface area contributed by atoms with Crippen molar-refractivity contribution in [3.05, 3.63) is 24.1 Å². The lowest BCUT2D eigenvalue weighted by Gasteiger charge is -2.22. The molecule has 7 heteroatoms. The van der Waals surface area contributed by atoms with Crippen molar-refractivity contribution in [3.63, 3.8) is 0 Å². The predicted molar refractivity (Wildman–Crippen MR) is 63.6 cm³/mol. The van der Waals surface area contributed by atoms with Crippen LogP contribution in [0.2, 0.25) is 0 Å². The normalized spacial score (nSPS) is 12.3. The second-order valence-electron chi connectivity index (χ2n) is 3.59. The zero-order valence-electron chi connectivity index (χ0n) is 10.4. The van der Waals surface area contributed by atoms with E-state index in [-0.39, 0.29) is 11.9 Å². The molecule has 1 aromatic heterocycles. The van der Waals surface area contributed by atoms with Crippen LogP contribution in [0, 0.1) is 5.82 Å². The highest BCUT2D eigenvalue weighted by Gasteiger charge is 2.17. The van der Waals surface area contributed by atoms with Gasteiger partial charge in [-0.25, -0.2) is 14.2 Å². The number of urea groups is 1. The van der Waals surface area contributed by atoms with E-state index in [4.69, 9.17) is 9.47 Å². The summed E-state index contributed by atoms with van der Waals surface area (Å²) in [5, 5.41) is 5.08. The monoisotopic (exact) mass is 257 g/mol. The Kier molecular flexibility index (Phi) is 5.47. The first-order chi connectivity index (χ1) is 8.56. The third-order valence-electron chi connectivity index (χ3n) is 2.20. The molecule has 0 radical (unpaired) electrons. The number of nitrogens with one attached hydrogen (secondary N) is 2. The molecule has 0 aromatic carbocycles. The van der Waals surface area contributed by atoms with Crippen LogP contribution in [0.4, 0.5) is 15.0 Å². The number of rotatable bonds is 5.